The van der Waals surface area contributed by atoms with Crippen LogP contribution < -0.4 is 10.9 Å². The van der Waals surface area contributed by atoms with Crippen molar-refractivity contribution in [3.8, 4) is 16.9 Å². The maximum absolute atomic E-state index is 12.1. The third-order valence-corrected chi connectivity index (χ3v) is 4.51. The van der Waals surface area contributed by atoms with Gasteiger partial charge in [-0.3, -0.25) is 10.1 Å². The minimum absolute atomic E-state index is 0.0551. The molecular weight excluding hydrogens is 346 g/mol. The Bertz CT molecular complexity index is 1020. The van der Waals surface area contributed by atoms with Gasteiger partial charge in [-0.15, -0.1) is 0 Å². The highest BCUT2D eigenvalue weighted by molar-refractivity contribution is 5.95. The van der Waals surface area contributed by atoms with Crippen molar-refractivity contribution < 1.29 is 19.4 Å². The van der Waals surface area contributed by atoms with Gasteiger partial charge < -0.3 is 14.6 Å². The first-order valence-corrected chi connectivity index (χ1v) is 8.68. The lowest BCUT2D eigenvalue weighted by Gasteiger charge is -2.19. The minimum atomic E-state index is -0.976. The fourth-order valence-electron chi connectivity index (χ4n) is 3.12. The first-order valence-electron chi connectivity index (χ1n) is 8.68. The van der Waals surface area contributed by atoms with Crippen LogP contribution in [0, 0.1) is 5.92 Å². The Morgan fingerprint density at radius 3 is 2.48 bits per heavy atom. The highest BCUT2D eigenvalue weighted by atomic mass is 16.4. The van der Waals surface area contributed by atoms with Crippen molar-refractivity contribution >= 4 is 16.9 Å². The highest BCUT2D eigenvalue weighted by Crippen LogP contribution is 2.33. The molecule has 1 aromatic heterocycles. The maximum Gasteiger partial charge on any atom is 0.336 e. The molecule has 0 fully saturated rings. The van der Waals surface area contributed by atoms with Gasteiger partial charge in [0.2, 0.25) is 0 Å². The van der Waals surface area contributed by atoms with E-state index in [-0.39, 0.29) is 23.8 Å². The van der Waals surface area contributed by atoms with Crippen molar-refractivity contribution in [2.75, 3.05) is 0 Å². The summed E-state index contributed by atoms with van der Waals surface area (Å²) < 4.78 is 5.39. The molecule has 0 aliphatic heterocycles. The summed E-state index contributed by atoms with van der Waals surface area (Å²) in [7, 11) is 0. The molecule has 0 unspecified atom stereocenters. The average molecular weight is 367 g/mol. The normalized spacial score (nSPS) is 12.4. The molecule has 2 aromatic carbocycles. The zero-order valence-corrected chi connectivity index (χ0v) is 15.1. The molecule has 0 saturated heterocycles. The van der Waals surface area contributed by atoms with Crippen LogP contribution >= 0.6 is 0 Å². The Morgan fingerprint density at radius 2 is 1.85 bits per heavy atom. The van der Waals surface area contributed by atoms with E-state index in [9.17, 15) is 19.8 Å². The van der Waals surface area contributed by atoms with Crippen LogP contribution in [-0.2, 0) is 11.3 Å². The Balaban J connectivity index is 2.11. The van der Waals surface area contributed by atoms with E-state index in [1.54, 1.807) is 19.9 Å². The van der Waals surface area contributed by atoms with Gasteiger partial charge in [-0.25, -0.2) is 4.79 Å². The van der Waals surface area contributed by atoms with E-state index >= 15 is 0 Å². The van der Waals surface area contributed by atoms with Crippen LogP contribution in [0.5, 0.6) is 5.75 Å². The second-order valence-corrected chi connectivity index (χ2v) is 6.73. The minimum Gasteiger partial charge on any atom is -0.507 e. The van der Waals surface area contributed by atoms with Crippen LogP contribution in [0.15, 0.2) is 57.7 Å². The molecule has 0 radical (unpaired) electrons. The van der Waals surface area contributed by atoms with Gasteiger partial charge in [-0.1, -0.05) is 44.2 Å². The van der Waals surface area contributed by atoms with E-state index in [0.717, 1.165) is 5.56 Å². The van der Waals surface area contributed by atoms with Crippen LogP contribution in [0.3, 0.4) is 0 Å². The number of fused-ring (bicyclic) bond motifs is 1. The van der Waals surface area contributed by atoms with Gasteiger partial charge in [-0.05, 0) is 29.2 Å². The molecule has 140 valence electrons. The lowest BCUT2D eigenvalue weighted by molar-refractivity contribution is -0.140. The number of aliphatic carboxylic acids is 1. The summed E-state index contributed by atoms with van der Waals surface area (Å²) in [5, 5.41) is 23.2. The number of aromatic hydroxyl groups is 1. The number of nitrogens with one attached hydrogen (secondary N) is 1. The van der Waals surface area contributed by atoms with E-state index in [1.165, 1.54) is 12.1 Å². The number of carbonyl (C=O) groups is 1. The summed E-state index contributed by atoms with van der Waals surface area (Å²) in [6, 6.07) is 13.3. The van der Waals surface area contributed by atoms with Gasteiger partial charge in [-0.2, -0.15) is 0 Å². The summed E-state index contributed by atoms with van der Waals surface area (Å²) in [6.07, 6.45) is 0. The molecule has 3 N–H and O–H groups in total. The standard InChI is InChI=1S/C21H21NO5/c1-12(2)19(21(25)26)22-11-16-17(23)9-8-14-15(10-18(24)27-20(14)16)13-6-4-3-5-7-13/h3-10,12,19,22-23H,11H2,1-2H3,(H,25,26)/t19-/m0/s1. The summed E-state index contributed by atoms with van der Waals surface area (Å²) >= 11 is 0. The Labute approximate surface area is 156 Å². The predicted octanol–water partition coefficient (Wildman–Crippen LogP) is 3.36. The van der Waals surface area contributed by atoms with Crippen molar-refractivity contribution in [2.45, 2.75) is 26.4 Å². The molecule has 0 spiro atoms. The number of hydrogen-bond donors (Lipinski definition) is 3. The summed E-state index contributed by atoms with van der Waals surface area (Å²) in [6.45, 7) is 3.64. The van der Waals surface area contributed by atoms with Crippen molar-refractivity contribution in [1.29, 1.82) is 0 Å². The van der Waals surface area contributed by atoms with Crippen molar-refractivity contribution in [3.63, 3.8) is 0 Å². The van der Waals surface area contributed by atoms with Gasteiger partial charge in [0.05, 0.1) is 5.56 Å². The Hall–Kier alpha value is -3.12. The molecule has 6 nitrogen and oxygen atoms in total. The molecular formula is C21H21NO5. The van der Waals surface area contributed by atoms with Crippen molar-refractivity contribution in [3.05, 3.63) is 64.5 Å². The molecule has 0 bridgehead atoms. The third-order valence-electron chi connectivity index (χ3n) is 4.51. The van der Waals surface area contributed by atoms with Gasteiger partial charge in [0.1, 0.15) is 17.4 Å². The van der Waals surface area contributed by atoms with Gasteiger partial charge >= 0.3 is 11.6 Å². The smallest absolute Gasteiger partial charge is 0.336 e. The SMILES string of the molecule is CC(C)[C@H](NCc1c(O)ccc2c(-c3ccccc3)cc(=O)oc12)C(=O)O. The van der Waals surface area contributed by atoms with Gasteiger partial charge in [0.15, 0.2) is 0 Å². The maximum atomic E-state index is 12.1. The molecule has 0 aliphatic rings. The second-order valence-electron chi connectivity index (χ2n) is 6.73. The molecule has 3 rings (SSSR count). The van der Waals surface area contributed by atoms with Crippen LogP contribution in [0.4, 0.5) is 0 Å². The topological polar surface area (TPSA) is 99.8 Å². The number of phenolic OH excluding ortho intramolecular Hbond substituents is 1. The lowest BCUT2D eigenvalue weighted by Crippen LogP contribution is -2.40. The van der Waals surface area contributed by atoms with Crippen LogP contribution in [-0.4, -0.2) is 22.2 Å². The molecule has 1 atom stereocenters. The van der Waals surface area contributed by atoms with E-state index in [0.29, 0.717) is 16.5 Å². The molecule has 6 heteroatoms. The summed E-state index contributed by atoms with van der Waals surface area (Å²) in [5.41, 5.74) is 1.62. The first kappa shape index (κ1) is 18.7. The van der Waals surface area contributed by atoms with Crippen LogP contribution in [0.2, 0.25) is 0 Å². The summed E-state index contributed by atoms with van der Waals surface area (Å²) in [5.74, 6) is -1.18. The van der Waals surface area contributed by atoms with Crippen LogP contribution in [0.25, 0.3) is 22.1 Å². The fraction of sp³-hybridized carbons (Fsp3) is 0.238. The molecule has 1 heterocycles. The second kappa shape index (κ2) is 7.63. The first-order chi connectivity index (χ1) is 12.9. The molecule has 3 aromatic rings. The highest BCUT2D eigenvalue weighted by Gasteiger charge is 2.22. The largest absolute Gasteiger partial charge is 0.507 e. The van der Waals surface area contributed by atoms with Crippen LogP contribution in [0.1, 0.15) is 19.4 Å². The number of phenols is 1. The van der Waals surface area contributed by atoms with Crippen molar-refractivity contribution in [1.82, 2.24) is 5.32 Å². The van der Waals surface area contributed by atoms with E-state index in [4.69, 9.17) is 4.42 Å². The predicted molar refractivity (Wildman–Crippen MR) is 103 cm³/mol. The molecule has 27 heavy (non-hydrogen) atoms. The number of carboxylic acid groups (broad SMARTS) is 1. The number of rotatable bonds is 6. The molecule has 0 aliphatic carbocycles. The molecule has 0 saturated carbocycles. The third kappa shape index (κ3) is 3.85. The van der Waals surface area contributed by atoms with Gasteiger partial charge in [0.25, 0.3) is 0 Å². The quantitative estimate of drug-likeness (QED) is 0.578. The van der Waals surface area contributed by atoms with Gasteiger partial charge in [0, 0.05) is 18.0 Å². The summed E-state index contributed by atoms with van der Waals surface area (Å²) in [4.78, 5) is 23.5. The van der Waals surface area contributed by atoms with E-state index < -0.39 is 17.6 Å². The average Bonchev–Trinajstić information content (AvgIpc) is 2.63. The van der Waals surface area contributed by atoms with E-state index in [1.807, 2.05) is 30.3 Å². The molecule has 0 amide bonds. The number of hydrogen-bond acceptors (Lipinski definition) is 5. The number of benzene rings is 2. The fourth-order valence-corrected chi connectivity index (χ4v) is 3.12. The van der Waals surface area contributed by atoms with Crippen molar-refractivity contribution in [2.24, 2.45) is 5.92 Å². The number of carboxylic acids is 1. The zero-order valence-electron chi connectivity index (χ0n) is 15.1. The lowest BCUT2D eigenvalue weighted by atomic mass is 9.99. The monoisotopic (exact) mass is 367 g/mol. The Kier molecular flexibility index (Phi) is 5.28. The van der Waals surface area contributed by atoms with E-state index in [2.05, 4.69) is 5.32 Å². The Morgan fingerprint density at radius 1 is 1.15 bits per heavy atom. The zero-order chi connectivity index (χ0) is 19.6.